The molecule has 0 N–H and O–H groups in total. The van der Waals surface area contributed by atoms with Gasteiger partial charge in [-0.3, -0.25) is 9.88 Å². The van der Waals surface area contributed by atoms with Gasteiger partial charge < -0.3 is 14.2 Å². The summed E-state index contributed by atoms with van der Waals surface area (Å²) in [6, 6.07) is 11.7. The fraction of sp³-hybridized carbons (Fsp3) is 0.400. The van der Waals surface area contributed by atoms with Crippen LogP contribution in [0.1, 0.15) is 34.3 Å². The largest absolute Gasteiger partial charge is 0.415 e. The molecule has 8 heteroatoms. The molecule has 1 aliphatic heterocycles. The fourth-order valence-corrected chi connectivity index (χ4v) is 4.38. The van der Waals surface area contributed by atoms with Crippen LogP contribution in [-0.2, 0) is 13.5 Å². The second-order valence-electron chi connectivity index (χ2n) is 8.50. The van der Waals surface area contributed by atoms with Crippen molar-refractivity contribution in [2.75, 3.05) is 32.7 Å². The number of benzene rings is 1. The lowest BCUT2D eigenvalue weighted by Crippen LogP contribution is -2.49. The van der Waals surface area contributed by atoms with Crippen LogP contribution in [0.3, 0.4) is 0 Å². The van der Waals surface area contributed by atoms with Gasteiger partial charge in [0.1, 0.15) is 11.6 Å². The first-order valence-corrected chi connectivity index (χ1v) is 11.9. The van der Waals surface area contributed by atoms with Crippen molar-refractivity contribution in [1.82, 2.24) is 24.3 Å². The van der Waals surface area contributed by atoms with Gasteiger partial charge in [0.15, 0.2) is 0 Å². The number of carbonyl (C=O) groups excluding carboxylic acids is 1. The van der Waals surface area contributed by atoms with Crippen molar-refractivity contribution >= 4 is 18.7 Å². The summed E-state index contributed by atoms with van der Waals surface area (Å²) in [5.41, 5.74) is 3.33. The molecule has 2 aromatic heterocycles. The Morgan fingerprint density at radius 3 is 2.48 bits per heavy atom. The molecule has 1 unspecified atom stereocenters. The van der Waals surface area contributed by atoms with Gasteiger partial charge in [0.25, 0.3) is 0 Å². The summed E-state index contributed by atoms with van der Waals surface area (Å²) in [4.78, 5) is 25.6. The quantitative estimate of drug-likeness (QED) is 0.537. The lowest BCUT2D eigenvalue weighted by Gasteiger charge is -2.34. The van der Waals surface area contributed by atoms with E-state index >= 15 is 0 Å². The van der Waals surface area contributed by atoms with E-state index in [9.17, 15) is 4.79 Å². The van der Waals surface area contributed by atoms with Crippen LogP contribution in [-0.4, -0.2) is 63.2 Å². The maximum absolute atomic E-state index is 12.6. The number of hydrogen-bond acceptors (Lipinski definition) is 6. The van der Waals surface area contributed by atoms with Crippen molar-refractivity contribution in [2.24, 2.45) is 7.05 Å². The molecule has 1 aromatic carbocycles. The van der Waals surface area contributed by atoms with Crippen LogP contribution in [0.5, 0.6) is 5.75 Å². The number of amides is 1. The number of aromatic nitrogens is 3. The lowest BCUT2D eigenvalue weighted by atomic mass is 10.1. The summed E-state index contributed by atoms with van der Waals surface area (Å²) in [6.45, 7) is 6.15. The Kier molecular flexibility index (Phi) is 7.67. The molecule has 3 aromatic rings. The smallest absolute Gasteiger partial charge is 0.410 e. The molecule has 1 saturated heterocycles. The van der Waals surface area contributed by atoms with Gasteiger partial charge in [0.2, 0.25) is 0 Å². The van der Waals surface area contributed by atoms with Crippen molar-refractivity contribution in [3.05, 3.63) is 77.6 Å². The van der Waals surface area contributed by atoms with E-state index in [4.69, 9.17) is 4.74 Å². The zero-order chi connectivity index (χ0) is 23.2. The highest BCUT2D eigenvalue weighted by Crippen LogP contribution is 2.28. The zero-order valence-electron chi connectivity index (χ0n) is 19.2. The first-order valence-electron chi connectivity index (χ1n) is 11.4. The Morgan fingerprint density at radius 1 is 1.09 bits per heavy atom. The molecule has 0 spiro atoms. The van der Waals surface area contributed by atoms with E-state index in [0.717, 1.165) is 49.6 Å². The third-order valence-corrected chi connectivity index (χ3v) is 6.54. The Hall–Kier alpha value is -2.84. The second-order valence-corrected chi connectivity index (χ2v) is 9.01. The minimum absolute atomic E-state index is 0.135. The molecule has 0 aliphatic carbocycles. The summed E-state index contributed by atoms with van der Waals surface area (Å²) in [5, 5.41) is -0.135. The standard InChI is InChI=1S/C25H31N5O2S/c1-19-5-8-21(27-18-19)4-3-12-29-14-16-30(17-15-29)25(31)32-22-9-6-20(7-10-22)23(33)24-26-11-13-28(24)2/h5-11,13,18,23,33H,3-4,12,14-17H2,1-2H3. The number of ether oxygens (including phenoxy) is 1. The Morgan fingerprint density at radius 2 is 1.85 bits per heavy atom. The van der Waals surface area contributed by atoms with Crippen LogP contribution < -0.4 is 4.74 Å². The number of piperazine rings is 1. The minimum Gasteiger partial charge on any atom is -0.410 e. The van der Waals surface area contributed by atoms with Gasteiger partial charge in [-0.2, -0.15) is 12.6 Å². The molecule has 4 rings (SSSR count). The highest BCUT2D eigenvalue weighted by atomic mass is 32.1. The van der Waals surface area contributed by atoms with Gasteiger partial charge in [-0.15, -0.1) is 0 Å². The number of carbonyl (C=O) groups is 1. The first kappa shape index (κ1) is 23.3. The molecule has 1 fully saturated rings. The normalized spacial score (nSPS) is 15.4. The molecule has 33 heavy (non-hydrogen) atoms. The minimum atomic E-state index is -0.294. The number of nitrogens with zero attached hydrogens (tertiary/aromatic N) is 5. The van der Waals surface area contributed by atoms with E-state index in [1.165, 1.54) is 5.56 Å². The van der Waals surface area contributed by atoms with Crippen molar-refractivity contribution < 1.29 is 9.53 Å². The Bertz CT molecular complexity index is 1040. The van der Waals surface area contributed by atoms with E-state index in [2.05, 4.69) is 46.6 Å². The number of aryl methyl sites for hydroxylation is 3. The average Bonchev–Trinajstić information content (AvgIpc) is 3.26. The SMILES string of the molecule is Cc1ccc(CCCN2CCN(C(=O)Oc3ccc(C(S)c4nccn4C)cc3)CC2)nc1. The highest BCUT2D eigenvalue weighted by Gasteiger charge is 2.22. The average molecular weight is 466 g/mol. The van der Waals surface area contributed by atoms with Crippen LogP contribution in [0.4, 0.5) is 4.79 Å². The molecule has 174 valence electrons. The number of thiol groups is 1. The maximum atomic E-state index is 12.6. The molecule has 3 heterocycles. The number of pyridine rings is 1. The molecular formula is C25H31N5O2S. The van der Waals surface area contributed by atoms with Gasteiger partial charge in [-0.1, -0.05) is 18.2 Å². The van der Waals surface area contributed by atoms with Crippen molar-refractivity contribution in [1.29, 1.82) is 0 Å². The second kappa shape index (κ2) is 10.9. The predicted octanol–water partition coefficient (Wildman–Crippen LogP) is 3.89. The molecule has 1 amide bonds. The summed E-state index contributed by atoms with van der Waals surface area (Å²) < 4.78 is 7.55. The van der Waals surface area contributed by atoms with Crippen LogP contribution in [0.25, 0.3) is 0 Å². The summed E-state index contributed by atoms with van der Waals surface area (Å²) in [5.74, 6) is 1.41. The number of hydrogen-bond donors (Lipinski definition) is 1. The fourth-order valence-electron chi connectivity index (χ4n) is 3.96. The Labute approximate surface area is 200 Å². The highest BCUT2D eigenvalue weighted by molar-refractivity contribution is 7.80. The van der Waals surface area contributed by atoms with Gasteiger partial charge in [0.05, 0.1) is 5.25 Å². The molecular weight excluding hydrogens is 434 g/mol. The van der Waals surface area contributed by atoms with Crippen LogP contribution in [0.15, 0.2) is 55.0 Å². The van der Waals surface area contributed by atoms with Gasteiger partial charge in [-0.05, 0) is 55.6 Å². The predicted molar refractivity (Wildman–Crippen MR) is 132 cm³/mol. The van der Waals surface area contributed by atoms with Crippen molar-refractivity contribution in [3.63, 3.8) is 0 Å². The third-order valence-electron chi connectivity index (χ3n) is 6.01. The molecule has 0 saturated carbocycles. The summed E-state index contributed by atoms with van der Waals surface area (Å²) in [6.07, 6.45) is 7.33. The van der Waals surface area contributed by atoms with E-state index in [1.807, 2.05) is 48.3 Å². The van der Waals surface area contributed by atoms with Gasteiger partial charge in [0, 0.05) is 57.5 Å². The molecule has 0 bridgehead atoms. The lowest BCUT2D eigenvalue weighted by molar-refractivity contribution is 0.110. The molecule has 1 aliphatic rings. The van der Waals surface area contributed by atoms with E-state index in [1.54, 1.807) is 11.1 Å². The van der Waals surface area contributed by atoms with Crippen molar-refractivity contribution in [3.8, 4) is 5.75 Å². The monoisotopic (exact) mass is 465 g/mol. The summed E-state index contributed by atoms with van der Waals surface area (Å²) in [7, 11) is 1.95. The molecule has 0 radical (unpaired) electrons. The zero-order valence-corrected chi connectivity index (χ0v) is 20.1. The van der Waals surface area contributed by atoms with Crippen LogP contribution >= 0.6 is 12.6 Å². The van der Waals surface area contributed by atoms with Crippen LogP contribution in [0, 0.1) is 6.92 Å². The number of rotatable bonds is 7. The summed E-state index contributed by atoms with van der Waals surface area (Å²) >= 11 is 4.68. The topological polar surface area (TPSA) is 63.5 Å². The maximum Gasteiger partial charge on any atom is 0.415 e. The van der Waals surface area contributed by atoms with Crippen LogP contribution in [0.2, 0.25) is 0 Å². The molecule has 7 nitrogen and oxygen atoms in total. The first-order chi connectivity index (χ1) is 16.0. The van der Waals surface area contributed by atoms with Gasteiger partial charge in [-0.25, -0.2) is 9.78 Å². The third kappa shape index (κ3) is 6.15. The Balaban J connectivity index is 1.20. The molecule has 1 atom stereocenters. The number of imidazole rings is 1. The van der Waals surface area contributed by atoms with Gasteiger partial charge >= 0.3 is 6.09 Å². The van der Waals surface area contributed by atoms with E-state index < -0.39 is 0 Å². The van der Waals surface area contributed by atoms with E-state index in [-0.39, 0.29) is 11.3 Å². The van der Waals surface area contributed by atoms with E-state index in [0.29, 0.717) is 18.8 Å². The van der Waals surface area contributed by atoms with Crippen molar-refractivity contribution in [2.45, 2.75) is 25.0 Å².